The number of anilines is 1. The number of hydrogen-bond acceptors (Lipinski definition) is 2. The summed E-state index contributed by atoms with van der Waals surface area (Å²) in [6.07, 6.45) is 0.950. The van der Waals surface area contributed by atoms with Gasteiger partial charge in [0.05, 0.1) is 12.6 Å². The summed E-state index contributed by atoms with van der Waals surface area (Å²) in [6, 6.07) is 24.8. The third-order valence-corrected chi connectivity index (χ3v) is 5.30. The quantitative estimate of drug-likeness (QED) is 0.726. The van der Waals surface area contributed by atoms with Crippen molar-refractivity contribution < 1.29 is 4.79 Å². The van der Waals surface area contributed by atoms with E-state index in [9.17, 15) is 4.79 Å². The van der Waals surface area contributed by atoms with Crippen molar-refractivity contribution in [2.45, 2.75) is 19.4 Å². The Kier molecular flexibility index (Phi) is 4.68. The van der Waals surface area contributed by atoms with E-state index in [1.807, 2.05) is 36.2 Å². The van der Waals surface area contributed by atoms with E-state index in [0.717, 1.165) is 12.1 Å². The summed E-state index contributed by atoms with van der Waals surface area (Å²) in [5, 5.41) is 3.25. The Labute approximate surface area is 160 Å². The highest BCUT2D eigenvalue weighted by Gasteiger charge is 2.29. The number of likely N-dealkylation sites (N-methyl/N-ethyl adjacent to an activating group) is 1. The van der Waals surface area contributed by atoms with Crippen LogP contribution in [-0.4, -0.2) is 19.5 Å². The third-order valence-electron chi connectivity index (χ3n) is 5.30. The van der Waals surface area contributed by atoms with Crippen LogP contribution in [0.15, 0.2) is 72.8 Å². The van der Waals surface area contributed by atoms with Gasteiger partial charge >= 0.3 is 0 Å². The molecule has 0 fully saturated rings. The number of para-hydroxylation sites is 1. The second-order valence-corrected chi connectivity index (χ2v) is 7.01. The van der Waals surface area contributed by atoms with Crippen molar-refractivity contribution in [2.24, 2.45) is 0 Å². The van der Waals surface area contributed by atoms with E-state index in [-0.39, 0.29) is 11.9 Å². The Hall–Kier alpha value is -3.07. The summed E-state index contributed by atoms with van der Waals surface area (Å²) in [5.74, 6) is 0.0277. The summed E-state index contributed by atoms with van der Waals surface area (Å²) in [6.45, 7) is 2.47. The summed E-state index contributed by atoms with van der Waals surface area (Å²) in [5.41, 5.74) is 7.13. The molecule has 0 aromatic heterocycles. The lowest BCUT2D eigenvalue weighted by Crippen LogP contribution is -2.37. The van der Waals surface area contributed by atoms with Gasteiger partial charge in [-0.2, -0.15) is 0 Å². The minimum atomic E-state index is -0.0836. The standard InChI is InChI=1S/C24H24N2O/c1-3-17-10-4-9-15-22(17)26(2)16-23(27)25-24-20-13-7-5-11-18(20)19-12-6-8-14-21(19)24/h4-15,24H,3,16H2,1-2H3,(H,25,27). The fraction of sp³-hybridized carbons (Fsp3) is 0.208. The molecule has 3 heteroatoms. The van der Waals surface area contributed by atoms with Gasteiger partial charge < -0.3 is 10.2 Å². The number of carbonyl (C=O) groups is 1. The molecule has 0 saturated carbocycles. The van der Waals surface area contributed by atoms with Crippen LogP contribution in [0.5, 0.6) is 0 Å². The molecule has 136 valence electrons. The fourth-order valence-corrected chi connectivity index (χ4v) is 4.00. The van der Waals surface area contributed by atoms with Gasteiger partial charge in [-0.05, 0) is 40.3 Å². The number of nitrogens with zero attached hydrogens (tertiary/aromatic N) is 1. The van der Waals surface area contributed by atoms with Gasteiger partial charge in [-0.15, -0.1) is 0 Å². The van der Waals surface area contributed by atoms with Crippen molar-refractivity contribution in [3.63, 3.8) is 0 Å². The molecule has 0 heterocycles. The normalized spacial score (nSPS) is 12.4. The first-order chi connectivity index (χ1) is 13.2. The van der Waals surface area contributed by atoms with E-state index in [4.69, 9.17) is 0 Å². The first-order valence-corrected chi connectivity index (χ1v) is 9.45. The zero-order valence-electron chi connectivity index (χ0n) is 15.8. The lowest BCUT2D eigenvalue weighted by molar-refractivity contribution is -0.120. The van der Waals surface area contributed by atoms with Gasteiger partial charge in [0.2, 0.25) is 5.91 Å². The molecular formula is C24H24N2O. The highest BCUT2D eigenvalue weighted by atomic mass is 16.2. The molecule has 0 unspecified atom stereocenters. The van der Waals surface area contributed by atoms with Crippen LogP contribution in [0.3, 0.4) is 0 Å². The van der Waals surface area contributed by atoms with Gasteiger partial charge in [-0.25, -0.2) is 0 Å². The van der Waals surface area contributed by atoms with Crippen molar-refractivity contribution in [3.05, 3.63) is 89.5 Å². The van der Waals surface area contributed by atoms with Crippen LogP contribution in [0, 0.1) is 0 Å². The topological polar surface area (TPSA) is 32.3 Å². The molecule has 0 atom stereocenters. The molecule has 1 aliphatic carbocycles. The van der Waals surface area contributed by atoms with Crippen molar-refractivity contribution >= 4 is 11.6 Å². The van der Waals surface area contributed by atoms with E-state index < -0.39 is 0 Å². The van der Waals surface area contributed by atoms with Gasteiger partial charge in [0.25, 0.3) is 0 Å². The maximum Gasteiger partial charge on any atom is 0.240 e. The molecule has 27 heavy (non-hydrogen) atoms. The predicted octanol–water partition coefficient (Wildman–Crippen LogP) is 4.57. The second-order valence-electron chi connectivity index (χ2n) is 7.01. The molecule has 0 saturated heterocycles. The number of aryl methyl sites for hydroxylation is 1. The van der Waals surface area contributed by atoms with Gasteiger partial charge in [-0.3, -0.25) is 4.79 Å². The highest BCUT2D eigenvalue weighted by Crippen LogP contribution is 2.42. The minimum absolute atomic E-state index is 0.0277. The number of hydrogen-bond donors (Lipinski definition) is 1. The van der Waals surface area contributed by atoms with Crippen molar-refractivity contribution in [2.75, 3.05) is 18.5 Å². The molecule has 0 spiro atoms. The Morgan fingerprint density at radius 3 is 2.07 bits per heavy atom. The molecule has 0 bridgehead atoms. The summed E-state index contributed by atoms with van der Waals surface area (Å²) < 4.78 is 0. The van der Waals surface area contributed by atoms with Crippen LogP contribution in [-0.2, 0) is 11.2 Å². The zero-order valence-corrected chi connectivity index (χ0v) is 15.8. The van der Waals surface area contributed by atoms with Crippen LogP contribution >= 0.6 is 0 Å². The Bertz CT molecular complexity index is 934. The second kappa shape index (κ2) is 7.28. The Morgan fingerprint density at radius 1 is 0.889 bits per heavy atom. The summed E-state index contributed by atoms with van der Waals surface area (Å²) in [7, 11) is 1.98. The molecule has 1 N–H and O–H groups in total. The molecule has 1 aliphatic rings. The van der Waals surface area contributed by atoms with Crippen LogP contribution < -0.4 is 10.2 Å². The van der Waals surface area contributed by atoms with E-state index >= 15 is 0 Å². The first-order valence-electron chi connectivity index (χ1n) is 9.45. The van der Waals surface area contributed by atoms with E-state index in [2.05, 4.69) is 60.8 Å². The number of rotatable bonds is 5. The molecule has 1 amide bonds. The monoisotopic (exact) mass is 356 g/mol. The first kappa shape index (κ1) is 17.3. The average molecular weight is 356 g/mol. The van der Waals surface area contributed by atoms with Crippen molar-refractivity contribution in [1.29, 1.82) is 0 Å². The summed E-state index contributed by atoms with van der Waals surface area (Å²) in [4.78, 5) is 14.9. The number of amides is 1. The molecule has 3 aromatic rings. The highest BCUT2D eigenvalue weighted by molar-refractivity contribution is 5.86. The molecule has 0 aliphatic heterocycles. The molecule has 3 nitrogen and oxygen atoms in total. The molecule has 3 aromatic carbocycles. The smallest absolute Gasteiger partial charge is 0.240 e. The van der Waals surface area contributed by atoms with E-state index in [0.29, 0.717) is 6.54 Å². The zero-order chi connectivity index (χ0) is 18.8. The Morgan fingerprint density at radius 2 is 1.44 bits per heavy atom. The number of carbonyl (C=O) groups excluding carboxylic acids is 1. The van der Waals surface area contributed by atoms with E-state index in [1.165, 1.54) is 27.8 Å². The van der Waals surface area contributed by atoms with Crippen molar-refractivity contribution in [1.82, 2.24) is 5.32 Å². The lowest BCUT2D eigenvalue weighted by atomic mass is 10.1. The molecule has 4 rings (SSSR count). The number of fused-ring (bicyclic) bond motifs is 3. The predicted molar refractivity (Wildman–Crippen MR) is 111 cm³/mol. The van der Waals surface area contributed by atoms with Crippen LogP contribution in [0.4, 0.5) is 5.69 Å². The maximum absolute atomic E-state index is 12.8. The summed E-state index contributed by atoms with van der Waals surface area (Å²) >= 11 is 0. The van der Waals surface area contributed by atoms with Gasteiger partial charge in [0.15, 0.2) is 0 Å². The van der Waals surface area contributed by atoms with E-state index in [1.54, 1.807) is 0 Å². The molecule has 0 radical (unpaired) electrons. The minimum Gasteiger partial charge on any atom is -0.365 e. The largest absolute Gasteiger partial charge is 0.365 e. The lowest BCUT2D eigenvalue weighted by Gasteiger charge is -2.23. The van der Waals surface area contributed by atoms with Gasteiger partial charge in [-0.1, -0.05) is 73.7 Å². The van der Waals surface area contributed by atoms with Crippen LogP contribution in [0.1, 0.15) is 29.7 Å². The Balaban J connectivity index is 1.55. The van der Waals surface area contributed by atoms with Crippen LogP contribution in [0.2, 0.25) is 0 Å². The molecular weight excluding hydrogens is 332 g/mol. The van der Waals surface area contributed by atoms with Gasteiger partial charge in [0, 0.05) is 12.7 Å². The maximum atomic E-state index is 12.8. The van der Waals surface area contributed by atoms with Gasteiger partial charge in [0.1, 0.15) is 0 Å². The fourth-order valence-electron chi connectivity index (χ4n) is 4.00. The average Bonchev–Trinajstić information content (AvgIpc) is 3.02. The number of benzene rings is 3. The van der Waals surface area contributed by atoms with Crippen LogP contribution in [0.25, 0.3) is 11.1 Å². The van der Waals surface area contributed by atoms with Crippen molar-refractivity contribution in [3.8, 4) is 11.1 Å². The third kappa shape index (κ3) is 3.21. The number of nitrogens with one attached hydrogen (secondary N) is 1. The SMILES string of the molecule is CCc1ccccc1N(C)CC(=O)NC1c2ccccc2-c2ccccc21.